The first-order chi connectivity index (χ1) is 12.8. The maximum Gasteiger partial charge on any atom is 1.00 e. The van der Waals surface area contributed by atoms with Crippen molar-refractivity contribution in [1.29, 1.82) is 0 Å². The van der Waals surface area contributed by atoms with Crippen molar-refractivity contribution in [2.24, 2.45) is 0 Å². The van der Waals surface area contributed by atoms with E-state index in [1.165, 1.54) is 0 Å². The largest absolute Gasteiger partial charge is 1.00 e. The molecule has 28 heavy (non-hydrogen) atoms. The molecule has 0 saturated carbocycles. The molecule has 1 aromatic heterocycles. The minimum atomic E-state index is -1.00. The summed E-state index contributed by atoms with van der Waals surface area (Å²) in [7, 11) is 1.98. The number of aromatic amines is 2. The van der Waals surface area contributed by atoms with Gasteiger partial charge >= 0.3 is 51.4 Å². The molecule has 0 saturated heterocycles. The summed E-state index contributed by atoms with van der Waals surface area (Å²) in [6.07, 6.45) is 1.48. The number of rotatable bonds is 10. The Bertz CT molecular complexity index is 873. The number of carbonyl (C=O) groups is 1. The van der Waals surface area contributed by atoms with Crippen LogP contribution in [0.4, 0.5) is 11.5 Å². The van der Waals surface area contributed by atoms with Gasteiger partial charge in [0.05, 0.1) is 0 Å². The monoisotopic (exact) mass is 446 g/mol. The number of aromatic nitrogens is 2. The number of carboxylic acids is 1. The molecule has 1 heterocycles. The Morgan fingerprint density at radius 2 is 2.00 bits per heavy atom. The first-order valence-electron chi connectivity index (χ1n) is 8.57. The number of nitrogens with zero attached hydrogens (tertiary/aromatic N) is 1. The number of benzene rings is 1. The van der Waals surface area contributed by atoms with Gasteiger partial charge in [-0.15, -0.1) is 0 Å². The molecule has 146 valence electrons. The second-order valence-electron chi connectivity index (χ2n) is 6.17. The first-order valence-corrected chi connectivity index (χ1v) is 9.39. The van der Waals surface area contributed by atoms with Crippen molar-refractivity contribution in [3.63, 3.8) is 0 Å². The second kappa shape index (κ2) is 12.7. The van der Waals surface area contributed by atoms with Crippen LogP contribution in [0.1, 0.15) is 24.8 Å². The molecular weight excluding hydrogens is 423 g/mol. The van der Waals surface area contributed by atoms with E-state index in [4.69, 9.17) is 29.2 Å². The van der Waals surface area contributed by atoms with Crippen LogP contribution in [0.2, 0.25) is 0 Å². The first kappa shape index (κ1) is 25.3. The fraction of sp³-hybridized carbons (Fsp3) is 0.389. The van der Waals surface area contributed by atoms with E-state index in [1.54, 1.807) is 6.07 Å². The van der Waals surface area contributed by atoms with E-state index in [2.05, 4.69) is 20.2 Å². The molecule has 7 nitrogen and oxygen atoms in total. The van der Waals surface area contributed by atoms with Crippen molar-refractivity contribution >= 4 is 41.9 Å². The molecule has 0 amide bonds. The van der Waals surface area contributed by atoms with Gasteiger partial charge in [0, 0.05) is 37.4 Å². The minimum Gasteiger partial charge on any atom is -0.550 e. The zero-order valence-corrected chi connectivity index (χ0v) is 21.1. The van der Waals surface area contributed by atoms with Crippen molar-refractivity contribution < 1.29 is 66.0 Å². The molecule has 10 heteroatoms. The average molecular weight is 447 g/mol. The summed E-state index contributed by atoms with van der Waals surface area (Å²) in [5, 5.41) is 13.6. The number of unbranched alkanes of at least 4 members (excludes halogenated alkanes) is 1. The Balaban J connectivity index is 0.00000392. The molecule has 2 rings (SSSR count). The maximum absolute atomic E-state index is 10.5. The van der Waals surface area contributed by atoms with Crippen molar-refractivity contribution in [1.82, 2.24) is 9.97 Å². The van der Waals surface area contributed by atoms with E-state index < -0.39 is 5.97 Å². The van der Waals surface area contributed by atoms with E-state index in [0.29, 0.717) is 21.7 Å². The van der Waals surface area contributed by atoms with Gasteiger partial charge in [-0.1, -0.05) is 18.3 Å². The number of carboxylic acid groups (broad SMARTS) is 1. The summed E-state index contributed by atoms with van der Waals surface area (Å²) < 4.78 is 6.76. The second-order valence-corrected chi connectivity index (χ2v) is 7.01. The van der Waals surface area contributed by atoms with Gasteiger partial charge in [0.15, 0.2) is 11.5 Å². The van der Waals surface area contributed by atoms with Crippen molar-refractivity contribution in [3.8, 4) is 5.75 Å². The fourth-order valence-electron chi connectivity index (χ4n) is 2.59. The molecule has 2 aromatic rings. The van der Waals surface area contributed by atoms with Gasteiger partial charge in [0.2, 0.25) is 0 Å². The normalized spacial score (nSPS) is 10.1. The van der Waals surface area contributed by atoms with Gasteiger partial charge in [-0.3, -0.25) is 0 Å². The summed E-state index contributed by atoms with van der Waals surface area (Å²) in [6, 6.07) is 7.60. The molecule has 0 bridgehead atoms. The molecule has 0 spiro atoms. The molecule has 0 aliphatic heterocycles. The molecule has 0 radical (unpaired) electrons. The van der Waals surface area contributed by atoms with Crippen LogP contribution in [0.15, 0.2) is 24.3 Å². The van der Waals surface area contributed by atoms with Gasteiger partial charge in [-0.2, -0.15) is 0 Å². The van der Waals surface area contributed by atoms with Crippen LogP contribution in [-0.4, -0.2) is 36.3 Å². The number of aliphatic carboxylic acids is 1. The summed E-state index contributed by atoms with van der Waals surface area (Å²) >= 11 is 10.1. The van der Waals surface area contributed by atoms with E-state index in [9.17, 15) is 9.90 Å². The van der Waals surface area contributed by atoms with E-state index in [-0.39, 0.29) is 64.5 Å². The van der Waals surface area contributed by atoms with Gasteiger partial charge in [-0.25, -0.2) is 0 Å². The number of anilines is 2. The number of hydrogen-bond donors (Lipinski definition) is 3. The van der Waals surface area contributed by atoms with Crippen LogP contribution in [0.3, 0.4) is 0 Å². The molecule has 1 aromatic carbocycles. The Labute approximate surface area is 217 Å². The third-order valence-corrected chi connectivity index (χ3v) is 4.40. The van der Waals surface area contributed by atoms with Crippen LogP contribution in [0.5, 0.6) is 5.75 Å². The Morgan fingerprint density at radius 3 is 2.68 bits per heavy atom. The third-order valence-electron chi connectivity index (χ3n) is 3.98. The summed E-state index contributed by atoms with van der Waals surface area (Å²) in [4.78, 5) is 18.4. The van der Waals surface area contributed by atoms with Crippen molar-refractivity contribution in [3.05, 3.63) is 39.2 Å². The van der Waals surface area contributed by atoms with Gasteiger partial charge in [0.1, 0.15) is 16.2 Å². The standard InChI is InChI=1S/C18H24N4O3S2.K/c1-12-6-7-13(9-14(12)22(2)8-4-3-5-17(23)24)25-11-19-15-10-16(26)21-18(27)20-15;/h6-7,9-10H,3-5,8,11H2,1-2H3,(H,23,24)(H3,19,20,21,26,27);/q;+1/p-1. The number of hydrogen-bond acceptors (Lipinski definition) is 7. The molecule has 0 fully saturated rings. The van der Waals surface area contributed by atoms with Gasteiger partial charge < -0.3 is 34.8 Å². The maximum atomic E-state index is 10.5. The predicted molar refractivity (Wildman–Crippen MR) is 109 cm³/mol. The number of carbonyl (C=O) groups excluding carboxylic acids is 1. The van der Waals surface area contributed by atoms with E-state index >= 15 is 0 Å². The molecule has 0 atom stereocenters. The van der Waals surface area contributed by atoms with Crippen LogP contribution in [-0.2, 0) is 4.79 Å². The fourth-order valence-corrected chi connectivity index (χ4v) is 3.09. The topological polar surface area (TPSA) is 96.2 Å². The quantitative estimate of drug-likeness (QED) is 0.203. The number of H-pyrrole nitrogens is 2. The Hall–Kier alpha value is -0.754. The van der Waals surface area contributed by atoms with Crippen molar-refractivity contribution in [2.75, 3.05) is 30.5 Å². The van der Waals surface area contributed by atoms with Crippen LogP contribution >= 0.6 is 24.4 Å². The van der Waals surface area contributed by atoms with Gasteiger partial charge in [0.25, 0.3) is 0 Å². The molecular formula is C18H23KN4O3S2. The molecule has 3 N–H and O–H groups in total. The predicted octanol–water partition coefficient (Wildman–Crippen LogP) is -0.0810. The molecule has 0 unspecified atom stereocenters. The SMILES string of the molecule is Cc1ccc(OCNc2cc(=S)[nH]c(=S)[nH]2)cc1N(C)CCCCC(=O)[O-].[K+]. The smallest absolute Gasteiger partial charge is 0.550 e. The van der Waals surface area contributed by atoms with Crippen LogP contribution in [0, 0.1) is 16.3 Å². The van der Waals surface area contributed by atoms with Gasteiger partial charge in [-0.05, 0) is 50.0 Å². The zero-order valence-electron chi connectivity index (χ0n) is 16.3. The zero-order chi connectivity index (χ0) is 19.8. The van der Waals surface area contributed by atoms with E-state index in [1.807, 2.05) is 32.2 Å². The minimum absolute atomic E-state index is 0. The number of aryl methyl sites for hydroxylation is 1. The third kappa shape index (κ3) is 8.72. The Kier molecular flexibility index (Phi) is 11.5. The van der Waals surface area contributed by atoms with Crippen LogP contribution in [0.25, 0.3) is 0 Å². The Morgan fingerprint density at radius 1 is 1.25 bits per heavy atom. The van der Waals surface area contributed by atoms with E-state index in [0.717, 1.165) is 30.0 Å². The molecule has 0 aliphatic rings. The average Bonchev–Trinajstić information content (AvgIpc) is 2.59. The summed E-state index contributed by atoms with van der Waals surface area (Å²) in [6.45, 7) is 3.04. The van der Waals surface area contributed by atoms with Crippen molar-refractivity contribution in [2.45, 2.75) is 26.2 Å². The van der Waals surface area contributed by atoms with Crippen LogP contribution < -0.4 is 71.4 Å². The number of ether oxygens (including phenoxy) is 1. The summed E-state index contributed by atoms with van der Waals surface area (Å²) in [5.41, 5.74) is 2.17. The summed E-state index contributed by atoms with van der Waals surface area (Å²) in [5.74, 6) is 0.405. The number of nitrogens with one attached hydrogen (secondary N) is 3. The molecule has 0 aliphatic carbocycles.